The van der Waals surface area contributed by atoms with Crippen LogP contribution in [0, 0.1) is 0 Å². The number of carbonyl (C=O) groups is 1. The number of hydrogen-bond acceptors (Lipinski definition) is 3. The average molecular weight is 231 g/mol. The van der Waals surface area contributed by atoms with Gasteiger partial charge in [0.15, 0.2) is 5.78 Å². The molecule has 3 heteroatoms. The van der Waals surface area contributed by atoms with Crippen LogP contribution in [0.25, 0.3) is 0 Å². The van der Waals surface area contributed by atoms with Gasteiger partial charge < -0.3 is 5.73 Å². The summed E-state index contributed by atoms with van der Waals surface area (Å²) in [6.07, 6.45) is 1.36. The quantitative estimate of drug-likeness (QED) is 0.649. The van der Waals surface area contributed by atoms with E-state index in [2.05, 4.69) is 6.07 Å². The normalized spacial score (nSPS) is 10.2. The van der Waals surface area contributed by atoms with Gasteiger partial charge in [-0.05, 0) is 30.0 Å². The van der Waals surface area contributed by atoms with E-state index in [1.807, 2.05) is 23.6 Å². The first kappa shape index (κ1) is 10.9. The molecule has 0 amide bonds. The maximum Gasteiger partial charge on any atom is 0.163 e. The molecule has 0 atom stereocenters. The summed E-state index contributed by atoms with van der Waals surface area (Å²) in [5, 5.41) is 2.03. The Balaban J connectivity index is 1.98. The van der Waals surface area contributed by atoms with Crippen LogP contribution in [-0.4, -0.2) is 5.78 Å². The van der Waals surface area contributed by atoms with Crippen molar-refractivity contribution in [2.45, 2.75) is 12.8 Å². The topological polar surface area (TPSA) is 43.1 Å². The van der Waals surface area contributed by atoms with Gasteiger partial charge >= 0.3 is 0 Å². The van der Waals surface area contributed by atoms with Crippen molar-refractivity contribution < 1.29 is 4.79 Å². The molecule has 2 aromatic rings. The molecule has 0 radical (unpaired) electrons. The molecule has 2 nitrogen and oxygen atoms in total. The van der Waals surface area contributed by atoms with Gasteiger partial charge in [-0.15, -0.1) is 11.3 Å². The van der Waals surface area contributed by atoms with Crippen LogP contribution < -0.4 is 5.73 Å². The fourth-order valence-electron chi connectivity index (χ4n) is 1.55. The van der Waals surface area contributed by atoms with Crippen molar-refractivity contribution in [3.63, 3.8) is 0 Å². The number of Topliss-reactive ketones (excluding diaryl/α,β-unsaturated/α-hetero) is 1. The van der Waals surface area contributed by atoms with Gasteiger partial charge in [-0.2, -0.15) is 0 Å². The molecule has 0 unspecified atom stereocenters. The van der Waals surface area contributed by atoms with Gasteiger partial charge in [0.1, 0.15) is 0 Å². The molecule has 0 spiro atoms. The molecule has 0 fully saturated rings. The van der Waals surface area contributed by atoms with E-state index in [0.717, 1.165) is 6.42 Å². The second-order valence-electron chi connectivity index (χ2n) is 3.63. The predicted octanol–water partition coefficient (Wildman–Crippen LogP) is 3.15. The zero-order valence-electron chi connectivity index (χ0n) is 8.85. The monoisotopic (exact) mass is 231 g/mol. The van der Waals surface area contributed by atoms with Crippen molar-refractivity contribution in [2.24, 2.45) is 0 Å². The van der Waals surface area contributed by atoms with E-state index in [1.165, 1.54) is 4.88 Å². The molecule has 2 rings (SSSR count). The first-order chi connectivity index (χ1) is 7.75. The number of benzene rings is 1. The van der Waals surface area contributed by atoms with Gasteiger partial charge in [-0.1, -0.05) is 18.2 Å². The minimum atomic E-state index is 0.153. The number of rotatable bonds is 4. The minimum Gasteiger partial charge on any atom is -0.399 e. The SMILES string of the molecule is Nc1cccc(C(=O)CCc2cccs2)c1. The molecule has 0 aliphatic carbocycles. The summed E-state index contributed by atoms with van der Waals surface area (Å²) in [6.45, 7) is 0. The molecule has 82 valence electrons. The first-order valence-electron chi connectivity index (χ1n) is 5.17. The van der Waals surface area contributed by atoms with E-state index in [0.29, 0.717) is 17.7 Å². The summed E-state index contributed by atoms with van der Waals surface area (Å²) < 4.78 is 0. The highest BCUT2D eigenvalue weighted by atomic mass is 32.1. The van der Waals surface area contributed by atoms with Crippen molar-refractivity contribution in [2.75, 3.05) is 5.73 Å². The van der Waals surface area contributed by atoms with Crippen LogP contribution in [0.4, 0.5) is 5.69 Å². The Morgan fingerprint density at radius 2 is 2.12 bits per heavy atom. The molecule has 0 aliphatic rings. The van der Waals surface area contributed by atoms with Crippen molar-refractivity contribution in [1.29, 1.82) is 0 Å². The molecule has 0 aliphatic heterocycles. The summed E-state index contributed by atoms with van der Waals surface area (Å²) in [5.41, 5.74) is 6.98. The van der Waals surface area contributed by atoms with Crippen LogP contribution in [-0.2, 0) is 6.42 Å². The number of nitrogens with two attached hydrogens (primary N) is 1. The smallest absolute Gasteiger partial charge is 0.163 e. The van der Waals surface area contributed by atoms with Crippen LogP contribution in [0.2, 0.25) is 0 Å². The number of nitrogen functional groups attached to an aromatic ring is 1. The molecular formula is C13H13NOS. The highest BCUT2D eigenvalue weighted by molar-refractivity contribution is 7.09. The standard InChI is InChI=1S/C13H13NOS/c14-11-4-1-3-10(9-11)13(15)7-6-12-5-2-8-16-12/h1-5,8-9H,6-7,14H2. The lowest BCUT2D eigenvalue weighted by Crippen LogP contribution is -2.01. The van der Waals surface area contributed by atoms with E-state index in [4.69, 9.17) is 5.73 Å². The van der Waals surface area contributed by atoms with Gasteiger partial charge in [0.2, 0.25) is 0 Å². The molecule has 0 saturated carbocycles. The average Bonchev–Trinajstić information content (AvgIpc) is 2.78. The third-order valence-corrected chi connectivity index (χ3v) is 3.32. The Kier molecular flexibility index (Phi) is 3.37. The zero-order valence-corrected chi connectivity index (χ0v) is 9.67. The highest BCUT2D eigenvalue weighted by Crippen LogP contribution is 2.14. The van der Waals surface area contributed by atoms with Crippen molar-refractivity contribution in [1.82, 2.24) is 0 Å². The molecular weight excluding hydrogens is 218 g/mol. The summed E-state index contributed by atoms with van der Waals surface area (Å²) in [4.78, 5) is 13.1. The second-order valence-corrected chi connectivity index (χ2v) is 4.66. The van der Waals surface area contributed by atoms with Crippen molar-refractivity contribution in [3.8, 4) is 0 Å². The Hall–Kier alpha value is -1.61. The summed E-state index contributed by atoms with van der Waals surface area (Å²) in [6, 6.07) is 11.2. The third kappa shape index (κ3) is 2.70. The summed E-state index contributed by atoms with van der Waals surface area (Å²) >= 11 is 1.69. The highest BCUT2D eigenvalue weighted by Gasteiger charge is 2.06. The molecule has 0 saturated heterocycles. The molecule has 1 aromatic carbocycles. The van der Waals surface area contributed by atoms with Gasteiger partial charge in [0, 0.05) is 22.5 Å². The van der Waals surface area contributed by atoms with E-state index >= 15 is 0 Å². The largest absolute Gasteiger partial charge is 0.399 e. The van der Waals surface area contributed by atoms with Gasteiger partial charge in [0.25, 0.3) is 0 Å². The maximum atomic E-state index is 11.8. The Morgan fingerprint density at radius 1 is 1.25 bits per heavy atom. The third-order valence-electron chi connectivity index (χ3n) is 2.39. The van der Waals surface area contributed by atoms with E-state index in [-0.39, 0.29) is 5.78 Å². The molecule has 2 N–H and O–H groups in total. The minimum absolute atomic E-state index is 0.153. The van der Waals surface area contributed by atoms with Gasteiger partial charge in [0.05, 0.1) is 0 Å². The summed E-state index contributed by atoms with van der Waals surface area (Å²) in [7, 11) is 0. The first-order valence-corrected chi connectivity index (χ1v) is 6.05. The van der Waals surface area contributed by atoms with Crippen molar-refractivity contribution in [3.05, 3.63) is 52.2 Å². The zero-order chi connectivity index (χ0) is 11.4. The lowest BCUT2D eigenvalue weighted by Gasteiger charge is -2.01. The molecule has 0 bridgehead atoms. The number of anilines is 1. The van der Waals surface area contributed by atoms with Gasteiger partial charge in [-0.3, -0.25) is 4.79 Å². The fraction of sp³-hybridized carbons (Fsp3) is 0.154. The van der Waals surface area contributed by atoms with Crippen LogP contribution >= 0.6 is 11.3 Å². The number of ketones is 1. The Morgan fingerprint density at radius 3 is 2.81 bits per heavy atom. The summed E-state index contributed by atoms with van der Waals surface area (Å²) in [5.74, 6) is 0.153. The Bertz CT molecular complexity index is 476. The lowest BCUT2D eigenvalue weighted by molar-refractivity contribution is 0.0983. The van der Waals surface area contributed by atoms with Gasteiger partial charge in [-0.25, -0.2) is 0 Å². The second kappa shape index (κ2) is 4.94. The van der Waals surface area contributed by atoms with E-state index in [1.54, 1.807) is 23.5 Å². The van der Waals surface area contributed by atoms with E-state index < -0.39 is 0 Å². The lowest BCUT2D eigenvalue weighted by atomic mass is 10.1. The Labute approximate surface area is 98.7 Å². The number of carbonyl (C=O) groups excluding carboxylic acids is 1. The van der Waals surface area contributed by atoms with Crippen LogP contribution in [0.1, 0.15) is 21.7 Å². The number of hydrogen-bond donors (Lipinski definition) is 1. The molecule has 16 heavy (non-hydrogen) atoms. The number of aryl methyl sites for hydroxylation is 1. The molecule has 1 heterocycles. The van der Waals surface area contributed by atoms with Crippen LogP contribution in [0.15, 0.2) is 41.8 Å². The number of thiophene rings is 1. The van der Waals surface area contributed by atoms with Crippen LogP contribution in [0.5, 0.6) is 0 Å². The predicted molar refractivity (Wildman–Crippen MR) is 67.8 cm³/mol. The van der Waals surface area contributed by atoms with E-state index in [9.17, 15) is 4.79 Å². The van der Waals surface area contributed by atoms with Crippen molar-refractivity contribution >= 4 is 22.8 Å². The fourth-order valence-corrected chi connectivity index (χ4v) is 2.26. The maximum absolute atomic E-state index is 11.8. The van der Waals surface area contributed by atoms with Crippen LogP contribution in [0.3, 0.4) is 0 Å². The molecule has 1 aromatic heterocycles.